The van der Waals surface area contributed by atoms with Crippen LogP contribution in [-0.2, 0) is 16.0 Å². The fourth-order valence-corrected chi connectivity index (χ4v) is 2.75. The summed E-state index contributed by atoms with van der Waals surface area (Å²) in [5.74, 6) is 1.07. The van der Waals surface area contributed by atoms with E-state index in [0.29, 0.717) is 37.6 Å². The van der Waals surface area contributed by atoms with Crippen LogP contribution in [0.1, 0.15) is 37.9 Å². The SMILES string of the molecule is CNC(=O)[C@@]1(C)CCCN(C(=O)CCc2nc(C)no2)C1. The first kappa shape index (κ1) is 15.5. The van der Waals surface area contributed by atoms with Crippen LogP contribution < -0.4 is 5.32 Å². The van der Waals surface area contributed by atoms with Crippen molar-refractivity contribution in [2.75, 3.05) is 20.1 Å². The highest BCUT2D eigenvalue weighted by atomic mass is 16.5. The van der Waals surface area contributed by atoms with Crippen LogP contribution in [-0.4, -0.2) is 47.0 Å². The summed E-state index contributed by atoms with van der Waals surface area (Å²) in [5.41, 5.74) is -0.496. The summed E-state index contributed by atoms with van der Waals surface area (Å²) in [7, 11) is 1.63. The number of nitrogens with zero attached hydrogens (tertiary/aromatic N) is 3. The van der Waals surface area contributed by atoms with E-state index in [1.54, 1.807) is 18.9 Å². The molecule has 0 radical (unpaired) electrons. The lowest BCUT2D eigenvalue weighted by Gasteiger charge is -2.39. The van der Waals surface area contributed by atoms with E-state index >= 15 is 0 Å². The lowest BCUT2D eigenvalue weighted by atomic mass is 9.81. The van der Waals surface area contributed by atoms with Gasteiger partial charge in [-0.05, 0) is 26.7 Å². The number of likely N-dealkylation sites (tertiary alicyclic amines) is 1. The highest BCUT2D eigenvalue weighted by Crippen LogP contribution is 2.30. The van der Waals surface area contributed by atoms with Gasteiger partial charge >= 0.3 is 0 Å². The number of amides is 2. The molecule has 0 aliphatic carbocycles. The molecule has 1 aromatic rings. The van der Waals surface area contributed by atoms with Crippen LogP contribution in [0.15, 0.2) is 4.52 Å². The molecular formula is C14H22N4O3. The Morgan fingerprint density at radius 1 is 1.48 bits per heavy atom. The first-order valence-corrected chi connectivity index (χ1v) is 7.24. The van der Waals surface area contributed by atoms with Gasteiger partial charge in [-0.2, -0.15) is 4.98 Å². The Balaban J connectivity index is 1.91. The molecule has 0 spiro atoms. The van der Waals surface area contributed by atoms with E-state index in [0.717, 1.165) is 12.8 Å². The van der Waals surface area contributed by atoms with Crippen LogP contribution in [0.2, 0.25) is 0 Å². The van der Waals surface area contributed by atoms with Gasteiger partial charge in [0.05, 0.1) is 5.41 Å². The number of carbonyl (C=O) groups excluding carboxylic acids is 2. The molecule has 2 amide bonds. The number of hydrogen-bond acceptors (Lipinski definition) is 5. The third-order valence-corrected chi connectivity index (χ3v) is 3.95. The van der Waals surface area contributed by atoms with Crippen LogP contribution in [0.3, 0.4) is 0 Å². The number of aromatic nitrogens is 2. The van der Waals surface area contributed by atoms with Crippen molar-refractivity contribution in [2.45, 2.75) is 39.5 Å². The molecule has 1 aromatic heterocycles. The monoisotopic (exact) mass is 294 g/mol. The van der Waals surface area contributed by atoms with E-state index in [1.807, 2.05) is 6.92 Å². The van der Waals surface area contributed by atoms with E-state index in [2.05, 4.69) is 15.5 Å². The van der Waals surface area contributed by atoms with E-state index in [1.165, 1.54) is 0 Å². The van der Waals surface area contributed by atoms with E-state index in [-0.39, 0.29) is 11.8 Å². The highest BCUT2D eigenvalue weighted by Gasteiger charge is 2.38. The molecule has 0 bridgehead atoms. The molecule has 1 saturated heterocycles. The van der Waals surface area contributed by atoms with Gasteiger partial charge in [0.1, 0.15) is 0 Å². The molecule has 2 heterocycles. The molecule has 1 atom stereocenters. The van der Waals surface area contributed by atoms with Crippen molar-refractivity contribution in [2.24, 2.45) is 5.41 Å². The van der Waals surface area contributed by atoms with Gasteiger partial charge < -0.3 is 14.7 Å². The molecule has 0 saturated carbocycles. The topological polar surface area (TPSA) is 88.3 Å². The van der Waals surface area contributed by atoms with Gasteiger partial charge in [0.25, 0.3) is 0 Å². The van der Waals surface area contributed by atoms with Crippen LogP contribution in [0, 0.1) is 12.3 Å². The van der Waals surface area contributed by atoms with E-state index in [9.17, 15) is 9.59 Å². The van der Waals surface area contributed by atoms with Gasteiger partial charge in [-0.3, -0.25) is 9.59 Å². The minimum absolute atomic E-state index is 0.00692. The molecule has 1 aliphatic rings. The molecule has 116 valence electrons. The van der Waals surface area contributed by atoms with E-state index < -0.39 is 5.41 Å². The molecule has 21 heavy (non-hydrogen) atoms. The van der Waals surface area contributed by atoms with Gasteiger partial charge in [-0.1, -0.05) is 5.16 Å². The average Bonchev–Trinajstić information content (AvgIpc) is 2.89. The van der Waals surface area contributed by atoms with Crippen molar-refractivity contribution in [3.8, 4) is 0 Å². The van der Waals surface area contributed by atoms with Gasteiger partial charge in [0.15, 0.2) is 5.82 Å². The number of hydrogen-bond donors (Lipinski definition) is 1. The maximum Gasteiger partial charge on any atom is 0.227 e. The molecule has 7 nitrogen and oxygen atoms in total. The third-order valence-electron chi connectivity index (χ3n) is 3.95. The number of carbonyl (C=O) groups is 2. The lowest BCUT2D eigenvalue weighted by molar-refractivity contribution is -0.140. The van der Waals surface area contributed by atoms with Gasteiger partial charge in [-0.25, -0.2) is 0 Å². The van der Waals surface area contributed by atoms with Crippen LogP contribution in [0.4, 0.5) is 0 Å². The predicted molar refractivity (Wildman–Crippen MR) is 75.3 cm³/mol. The molecular weight excluding hydrogens is 272 g/mol. The summed E-state index contributed by atoms with van der Waals surface area (Å²) in [6.07, 6.45) is 2.41. The lowest BCUT2D eigenvalue weighted by Crippen LogP contribution is -2.51. The summed E-state index contributed by atoms with van der Waals surface area (Å²) in [6, 6.07) is 0. The molecule has 1 fully saturated rings. The Morgan fingerprint density at radius 3 is 2.86 bits per heavy atom. The van der Waals surface area contributed by atoms with Crippen LogP contribution in [0.5, 0.6) is 0 Å². The Bertz CT molecular complexity index is 528. The van der Waals surface area contributed by atoms with Gasteiger partial charge in [0, 0.05) is 33.0 Å². The summed E-state index contributed by atoms with van der Waals surface area (Å²) in [4.78, 5) is 30.1. The second-order valence-electron chi connectivity index (χ2n) is 5.79. The van der Waals surface area contributed by atoms with Gasteiger partial charge in [-0.15, -0.1) is 0 Å². The smallest absolute Gasteiger partial charge is 0.227 e. The number of nitrogens with one attached hydrogen (secondary N) is 1. The fourth-order valence-electron chi connectivity index (χ4n) is 2.75. The molecule has 1 N–H and O–H groups in total. The normalized spacial score (nSPS) is 22.1. The van der Waals surface area contributed by atoms with Crippen LogP contribution in [0.25, 0.3) is 0 Å². The molecule has 2 rings (SSSR count). The quantitative estimate of drug-likeness (QED) is 0.882. The number of rotatable bonds is 4. The number of piperidine rings is 1. The minimum Gasteiger partial charge on any atom is -0.359 e. The Morgan fingerprint density at radius 2 is 2.24 bits per heavy atom. The Kier molecular flexibility index (Phi) is 4.59. The maximum atomic E-state index is 12.3. The molecule has 0 aromatic carbocycles. The minimum atomic E-state index is -0.496. The van der Waals surface area contributed by atoms with Crippen molar-refractivity contribution in [3.63, 3.8) is 0 Å². The average molecular weight is 294 g/mol. The summed E-state index contributed by atoms with van der Waals surface area (Å²) >= 11 is 0. The first-order chi connectivity index (χ1) is 9.94. The number of aryl methyl sites for hydroxylation is 2. The first-order valence-electron chi connectivity index (χ1n) is 7.24. The van der Waals surface area contributed by atoms with Crippen LogP contribution >= 0.6 is 0 Å². The summed E-state index contributed by atoms with van der Waals surface area (Å²) < 4.78 is 5.00. The largest absolute Gasteiger partial charge is 0.359 e. The highest BCUT2D eigenvalue weighted by molar-refractivity contribution is 5.84. The zero-order chi connectivity index (χ0) is 15.5. The fraction of sp³-hybridized carbons (Fsp3) is 0.714. The summed E-state index contributed by atoms with van der Waals surface area (Å²) in [5, 5.41) is 6.39. The second-order valence-corrected chi connectivity index (χ2v) is 5.79. The summed E-state index contributed by atoms with van der Waals surface area (Å²) in [6.45, 7) is 4.82. The van der Waals surface area contributed by atoms with Gasteiger partial charge in [0.2, 0.25) is 17.7 Å². The van der Waals surface area contributed by atoms with Crippen molar-refractivity contribution in [1.82, 2.24) is 20.4 Å². The molecule has 1 aliphatic heterocycles. The zero-order valence-electron chi connectivity index (χ0n) is 12.8. The second kappa shape index (κ2) is 6.24. The third kappa shape index (κ3) is 3.59. The predicted octanol–water partition coefficient (Wildman–Crippen LogP) is 0.685. The Hall–Kier alpha value is -1.92. The maximum absolute atomic E-state index is 12.3. The van der Waals surface area contributed by atoms with Crippen molar-refractivity contribution < 1.29 is 14.1 Å². The van der Waals surface area contributed by atoms with Crippen molar-refractivity contribution in [3.05, 3.63) is 11.7 Å². The molecule has 0 unspecified atom stereocenters. The zero-order valence-corrected chi connectivity index (χ0v) is 12.8. The Labute approximate surface area is 124 Å². The van der Waals surface area contributed by atoms with Crippen molar-refractivity contribution >= 4 is 11.8 Å². The molecule has 7 heteroatoms. The standard InChI is InChI=1S/C14H22N4O3/c1-10-16-11(21-17-10)5-6-12(19)18-8-4-7-14(2,9-18)13(20)15-3/h4-9H2,1-3H3,(H,15,20)/t14-/m0/s1. The van der Waals surface area contributed by atoms with E-state index in [4.69, 9.17) is 4.52 Å². The van der Waals surface area contributed by atoms with Crippen molar-refractivity contribution in [1.29, 1.82) is 0 Å².